The molecule has 2 N–H and O–H groups in total. The number of aryl methyl sites for hydroxylation is 1. The number of hydrogen-bond acceptors (Lipinski definition) is 5. The van der Waals surface area contributed by atoms with Gasteiger partial charge in [0.25, 0.3) is 5.89 Å². The van der Waals surface area contributed by atoms with Gasteiger partial charge in [0.1, 0.15) is 0 Å². The lowest BCUT2D eigenvalue weighted by molar-refractivity contribution is 0.585. The Morgan fingerprint density at radius 3 is 2.77 bits per heavy atom. The first-order chi connectivity index (χ1) is 6.16. The fraction of sp³-hybridized carbons (Fsp3) is 0.167. The van der Waals surface area contributed by atoms with Crippen molar-refractivity contribution >= 4 is 21.9 Å². The molecule has 0 fully saturated rings. The maximum atomic E-state index is 5.28. The van der Waals surface area contributed by atoms with Crippen molar-refractivity contribution in [2.75, 3.05) is 5.73 Å². The molecule has 68 valence electrons. The summed E-state index contributed by atoms with van der Waals surface area (Å²) in [6.07, 6.45) is 1.79. The molecular formula is C6H6BrN5O. The van der Waals surface area contributed by atoms with Crippen LogP contribution in [0.2, 0.25) is 0 Å². The van der Waals surface area contributed by atoms with Gasteiger partial charge in [0.05, 0.1) is 4.47 Å². The lowest BCUT2D eigenvalue weighted by atomic mass is 10.4. The molecule has 0 aliphatic carbocycles. The van der Waals surface area contributed by atoms with Gasteiger partial charge in [-0.2, -0.15) is 5.10 Å². The van der Waals surface area contributed by atoms with Gasteiger partial charge in [-0.3, -0.25) is 4.68 Å². The molecular weight excluding hydrogens is 238 g/mol. The van der Waals surface area contributed by atoms with Gasteiger partial charge in [-0.25, -0.2) is 0 Å². The van der Waals surface area contributed by atoms with Crippen molar-refractivity contribution in [1.29, 1.82) is 0 Å². The van der Waals surface area contributed by atoms with E-state index in [1.807, 2.05) is 0 Å². The second-order valence-corrected chi connectivity index (χ2v) is 3.30. The minimum absolute atomic E-state index is 0.0348. The summed E-state index contributed by atoms with van der Waals surface area (Å²) < 4.78 is 7.44. The highest BCUT2D eigenvalue weighted by Gasteiger charge is 2.13. The summed E-state index contributed by atoms with van der Waals surface area (Å²) in [4.78, 5) is 0. The fourth-order valence-corrected chi connectivity index (χ4v) is 1.48. The number of nitrogen functional groups attached to an aromatic ring is 1. The minimum atomic E-state index is 0.0348. The number of nitrogens with two attached hydrogens (primary N) is 1. The predicted octanol–water partition coefficient (Wildman–Crippen LogP) is 0.815. The minimum Gasteiger partial charge on any atom is -0.402 e. The van der Waals surface area contributed by atoms with E-state index in [1.54, 1.807) is 17.9 Å². The zero-order chi connectivity index (χ0) is 9.42. The van der Waals surface area contributed by atoms with Crippen molar-refractivity contribution in [3.8, 4) is 11.6 Å². The average Bonchev–Trinajstić information content (AvgIpc) is 2.58. The standard InChI is InChI=1S/C6H6BrN5O/c1-12-2-3(7)4(11-12)5-9-10-6(8)13-5/h2H,1H3,(H2,8,10). The lowest BCUT2D eigenvalue weighted by Gasteiger charge is -1.86. The molecule has 0 amide bonds. The molecule has 2 aromatic heterocycles. The Morgan fingerprint density at radius 2 is 2.31 bits per heavy atom. The molecule has 0 saturated heterocycles. The van der Waals surface area contributed by atoms with Crippen LogP contribution in [-0.2, 0) is 7.05 Å². The molecule has 0 bridgehead atoms. The van der Waals surface area contributed by atoms with Crippen LogP contribution in [0.15, 0.2) is 15.1 Å². The van der Waals surface area contributed by atoms with Crippen LogP contribution in [0.1, 0.15) is 0 Å². The van der Waals surface area contributed by atoms with E-state index in [2.05, 4.69) is 31.2 Å². The molecule has 0 saturated carbocycles. The maximum Gasteiger partial charge on any atom is 0.313 e. The number of halogens is 1. The summed E-state index contributed by atoms with van der Waals surface area (Å²) >= 11 is 3.31. The van der Waals surface area contributed by atoms with Crippen LogP contribution in [0, 0.1) is 0 Å². The molecule has 2 rings (SSSR count). The van der Waals surface area contributed by atoms with E-state index in [-0.39, 0.29) is 6.01 Å². The summed E-state index contributed by atoms with van der Waals surface area (Å²) in [6, 6.07) is 0.0348. The van der Waals surface area contributed by atoms with E-state index in [0.717, 1.165) is 4.47 Å². The Labute approximate surface area is 81.9 Å². The number of nitrogens with zero attached hydrogens (tertiary/aromatic N) is 4. The van der Waals surface area contributed by atoms with Crippen LogP contribution in [0.25, 0.3) is 11.6 Å². The summed E-state index contributed by atoms with van der Waals surface area (Å²) in [6.45, 7) is 0. The monoisotopic (exact) mass is 243 g/mol. The Hall–Kier alpha value is -1.37. The van der Waals surface area contributed by atoms with Crippen molar-refractivity contribution in [3.63, 3.8) is 0 Å². The molecule has 0 atom stereocenters. The molecule has 0 aliphatic heterocycles. The van der Waals surface area contributed by atoms with Crippen molar-refractivity contribution < 1.29 is 4.42 Å². The topological polar surface area (TPSA) is 82.8 Å². The third-order valence-electron chi connectivity index (χ3n) is 1.43. The molecule has 7 heteroatoms. The Bertz CT molecular complexity index is 434. The Kier molecular flexibility index (Phi) is 1.80. The van der Waals surface area contributed by atoms with Gasteiger partial charge in [0.15, 0.2) is 5.69 Å². The first-order valence-corrected chi connectivity index (χ1v) is 4.24. The Balaban J connectivity index is 2.51. The maximum absolute atomic E-state index is 5.28. The third kappa shape index (κ3) is 1.42. The van der Waals surface area contributed by atoms with Gasteiger partial charge < -0.3 is 10.2 Å². The molecule has 0 radical (unpaired) electrons. The zero-order valence-electron chi connectivity index (χ0n) is 6.73. The van der Waals surface area contributed by atoms with E-state index >= 15 is 0 Å². The van der Waals surface area contributed by atoms with E-state index in [1.165, 1.54) is 0 Å². The molecule has 0 unspecified atom stereocenters. The molecule has 6 nitrogen and oxygen atoms in total. The number of aromatic nitrogens is 4. The third-order valence-corrected chi connectivity index (χ3v) is 2.01. The van der Waals surface area contributed by atoms with Crippen LogP contribution in [0.3, 0.4) is 0 Å². The SMILES string of the molecule is Cn1cc(Br)c(-c2nnc(N)o2)n1. The number of hydrogen-bond donors (Lipinski definition) is 1. The van der Waals surface area contributed by atoms with Crippen LogP contribution < -0.4 is 5.73 Å². The van der Waals surface area contributed by atoms with Gasteiger partial charge in [0, 0.05) is 13.2 Å². The van der Waals surface area contributed by atoms with E-state index in [0.29, 0.717) is 11.6 Å². The predicted molar refractivity (Wildman–Crippen MR) is 48.6 cm³/mol. The quantitative estimate of drug-likeness (QED) is 0.802. The van der Waals surface area contributed by atoms with Crippen molar-refractivity contribution in [2.24, 2.45) is 7.05 Å². The van der Waals surface area contributed by atoms with Gasteiger partial charge >= 0.3 is 6.01 Å². The molecule has 0 spiro atoms. The van der Waals surface area contributed by atoms with E-state index in [4.69, 9.17) is 10.2 Å². The zero-order valence-corrected chi connectivity index (χ0v) is 8.32. The van der Waals surface area contributed by atoms with Crippen molar-refractivity contribution in [3.05, 3.63) is 10.7 Å². The van der Waals surface area contributed by atoms with Crippen LogP contribution in [0.4, 0.5) is 6.01 Å². The van der Waals surface area contributed by atoms with Crippen LogP contribution in [0.5, 0.6) is 0 Å². The van der Waals surface area contributed by atoms with Gasteiger partial charge in [-0.15, -0.1) is 5.10 Å². The average molecular weight is 244 g/mol. The van der Waals surface area contributed by atoms with E-state index in [9.17, 15) is 0 Å². The largest absolute Gasteiger partial charge is 0.402 e. The van der Waals surface area contributed by atoms with Crippen LogP contribution >= 0.6 is 15.9 Å². The second kappa shape index (κ2) is 2.84. The summed E-state index contributed by atoms with van der Waals surface area (Å²) in [5.41, 5.74) is 5.87. The Morgan fingerprint density at radius 1 is 1.54 bits per heavy atom. The van der Waals surface area contributed by atoms with Gasteiger partial charge in [0.2, 0.25) is 0 Å². The van der Waals surface area contributed by atoms with E-state index < -0.39 is 0 Å². The van der Waals surface area contributed by atoms with Gasteiger partial charge in [-0.1, -0.05) is 5.10 Å². The fourth-order valence-electron chi connectivity index (χ4n) is 0.935. The van der Waals surface area contributed by atoms with Crippen molar-refractivity contribution in [2.45, 2.75) is 0 Å². The first kappa shape index (κ1) is 8.24. The number of anilines is 1. The second-order valence-electron chi connectivity index (χ2n) is 2.44. The van der Waals surface area contributed by atoms with Crippen molar-refractivity contribution in [1.82, 2.24) is 20.0 Å². The number of rotatable bonds is 1. The normalized spacial score (nSPS) is 10.6. The highest BCUT2D eigenvalue weighted by atomic mass is 79.9. The molecule has 0 aliphatic rings. The smallest absolute Gasteiger partial charge is 0.313 e. The van der Waals surface area contributed by atoms with Crippen LogP contribution in [-0.4, -0.2) is 20.0 Å². The first-order valence-electron chi connectivity index (χ1n) is 3.45. The highest BCUT2D eigenvalue weighted by Crippen LogP contribution is 2.25. The molecule has 2 heterocycles. The summed E-state index contributed by atoms with van der Waals surface area (Å²) in [5.74, 6) is 0.310. The summed E-state index contributed by atoms with van der Waals surface area (Å²) in [7, 11) is 1.80. The molecule has 13 heavy (non-hydrogen) atoms. The highest BCUT2D eigenvalue weighted by molar-refractivity contribution is 9.10. The molecule has 2 aromatic rings. The van der Waals surface area contributed by atoms with Gasteiger partial charge in [-0.05, 0) is 15.9 Å². The lowest BCUT2D eigenvalue weighted by Crippen LogP contribution is -1.87. The summed E-state index contributed by atoms with van der Waals surface area (Å²) in [5, 5.41) is 11.4. The molecule has 0 aromatic carbocycles.